The van der Waals surface area contributed by atoms with Gasteiger partial charge in [0.25, 0.3) is 0 Å². The lowest BCUT2D eigenvalue weighted by Crippen LogP contribution is -2.56. The first-order valence-corrected chi connectivity index (χ1v) is 30.5. The average Bonchev–Trinajstić information content (AvgIpc) is 3.50. The van der Waals surface area contributed by atoms with Crippen LogP contribution in [0.5, 0.6) is 0 Å². The fraction of sp³-hybridized carbons (Fsp3) is 0.567. The lowest BCUT2D eigenvalue weighted by Gasteiger charge is -2.40. The zero-order valence-corrected chi connectivity index (χ0v) is 48.1. The van der Waals surface area contributed by atoms with Gasteiger partial charge in [0.2, 0.25) is 23.6 Å². The Bertz CT molecular complexity index is 2330. The van der Waals surface area contributed by atoms with Gasteiger partial charge in [-0.2, -0.15) is 0 Å². The number of likely N-dealkylation sites (tertiary alicyclic amines) is 3. The number of nitrogens with one attached hydrogen (secondary N) is 3. The number of piperidine rings is 4. The predicted octanol–water partition coefficient (Wildman–Crippen LogP) is 11.4. The highest BCUT2D eigenvalue weighted by Gasteiger charge is 2.39. The Morgan fingerprint density at radius 2 is 0.823 bits per heavy atom. The number of rotatable bonds is 22. The fourth-order valence-corrected chi connectivity index (χ4v) is 12.1. The summed E-state index contributed by atoms with van der Waals surface area (Å²) in [6.45, 7) is 9.71. The van der Waals surface area contributed by atoms with Crippen molar-refractivity contribution in [2.45, 2.75) is 192 Å². The minimum absolute atomic E-state index is 0.0105. The van der Waals surface area contributed by atoms with E-state index in [1.54, 1.807) is 4.90 Å². The standard InChI is InChI=1S/C36H51N3O4.C31H43N3O2/c1-36(2,3)43-35(42)38-26-23-30(24-27-38)34(41)39-25-11-10-22-32(39)33(40)37-31(20-12-18-28-14-6-4-7-15-28)21-13-19-29-16-8-5-9-17-29;35-30(29-19-7-8-24-34(29)31(36)27-20-22-32-23-21-27)33-28(17-9-15-25-11-3-1-4-12-25)18-10-16-26-13-5-2-6-14-26/h4-9,14-17,30-32H,10-13,18-27H2,1-3H3,(H,37,40);1-6,11-14,27-29,32H,7-10,15-24H2,(H,33,35). The number of aryl methyl sites for hydroxylation is 4. The smallest absolute Gasteiger partial charge is 0.410 e. The molecule has 0 aromatic heterocycles. The van der Waals surface area contributed by atoms with Crippen LogP contribution in [0, 0.1) is 11.8 Å². The third kappa shape index (κ3) is 20.6. The van der Waals surface area contributed by atoms with Gasteiger partial charge in [-0.3, -0.25) is 19.2 Å². The SMILES string of the molecule is CC(C)(C)OC(=O)N1CCC(C(=O)N2CCCCC2C(=O)NC(CCCc2ccccc2)CCCc2ccccc2)CC1.O=C(NC(CCCc1ccccc1)CCCc1ccccc1)C1CCCCN1C(=O)C1CCNCC1. The molecule has 4 heterocycles. The summed E-state index contributed by atoms with van der Waals surface area (Å²) < 4.78 is 5.52. The van der Waals surface area contributed by atoms with Gasteiger partial charge in [-0.05, 0) is 197 Å². The van der Waals surface area contributed by atoms with Crippen LogP contribution in [0.15, 0.2) is 121 Å². The summed E-state index contributed by atoms with van der Waals surface area (Å²) in [4.78, 5) is 72.3. The third-order valence-electron chi connectivity index (χ3n) is 16.5. The Morgan fingerprint density at radius 1 is 0.481 bits per heavy atom. The van der Waals surface area contributed by atoms with Crippen molar-refractivity contribution < 1.29 is 28.7 Å². The molecular formula is C67H94N6O6. The summed E-state index contributed by atoms with van der Waals surface area (Å²) in [6, 6.07) is 41.7. The van der Waals surface area contributed by atoms with Crippen LogP contribution in [0.25, 0.3) is 0 Å². The molecule has 12 nitrogen and oxygen atoms in total. The van der Waals surface area contributed by atoms with Gasteiger partial charge in [-0.1, -0.05) is 121 Å². The molecule has 8 rings (SSSR count). The Hall–Kier alpha value is -6.01. The second kappa shape index (κ2) is 32.3. The molecule has 4 aromatic carbocycles. The molecule has 0 bridgehead atoms. The quantitative estimate of drug-likeness (QED) is 0.0712. The van der Waals surface area contributed by atoms with Crippen LogP contribution >= 0.6 is 0 Å². The van der Waals surface area contributed by atoms with Gasteiger partial charge in [0, 0.05) is 50.1 Å². The average molecular weight is 1080 g/mol. The summed E-state index contributed by atoms with van der Waals surface area (Å²) in [5, 5.41) is 10.1. The Balaban J connectivity index is 0.000000232. The first kappa shape index (κ1) is 60.6. The van der Waals surface area contributed by atoms with Crippen LogP contribution in [-0.2, 0) is 49.6 Å². The van der Waals surface area contributed by atoms with Crippen LogP contribution in [0.2, 0.25) is 0 Å². The van der Waals surface area contributed by atoms with E-state index in [2.05, 4.69) is 125 Å². The van der Waals surface area contributed by atoms with Crippen molar-refractivity contribution in [1.29, 1.82) is 0 Å². The molecular weight excluding hydrogens is 985 g/mol. The van der Waals surface area contributed by atoms with Gasteiger partial charge < -0.3 is 35.4 Å². The zero-order valence-electron chi connectivity index (χ0n) is 48.1. The second-order valence-electron chi connectivity index (χ2n) is 23.8. The minimum atomic E-state index is -0.543. The third-order valence-corrected chi connectivity index (χ3v) is 16.5. The molecule has 79 heavy (non-hydrogen) atoms. The lowest BCUT2D eigenvalue weighted by molar-refractivity contribution is -0.147. The summed E-state index contributed by atoms with van der Waals surface area (Å²) in [5.74, 6) is 0.200. The summed E-state index contributed by atoms with van der Waals surface area (Å²) in [5.41, 5.74) is 4.78. The normalized spacial score (nSPS) is 18.4. The molecule has 4 aliphatic rings. The maximum absolute atomic E-state index is 13.8. The number of carbonyl (C=O) groups is 5. The second-order valence-corrected chi connectivity index (χ2v) is 23.8. The molecule has 4 aromatic rings. The van der Waals surface area contributed by atoms with E-state index in [9.17, 15) is 24.0 Å². The molecule has 0 aliphatic carbocycles. The lowest BCUT2D eigenvalue weighted by atomic mass is 9.92. The highest BCUT2D eigenvalue weighted by Crippen LogP contribution is 2.28. The summed E-state index contributed by atoms with van der Waals surface area (Å²) in [7, 11) is 0. The van der Waals surface area contributed by atoms with E-state index in [4.69, 9.17) is 4.74 Å². The molecule has 0 spiro atoms. The van der Waals surface area contributed by atoms with Crippen LogP contribution in [0.4, 0.5) is 4.79 Å². The van der Waals surface area contributed by atoms with E-state index >= 15 is 0 Å². The minimum Gasteiger partial charge on any atom is -0.444 e. The number of carbonyl (C=O) groups excluding carboxylic acids is 5. The topological polar surface area (TPSA) is 140 Å². The van der Waals surface area contributed by atoms with Crippen molar-refractivity contribution >= 4 is 29.7 Å². The molecule has 3 N–H and O–H groups in total. The summed E-state index contributed by atoms with van der Waals surface area (Å²) in [6.07, 6.45) is 19.9. The van der Waals surface area contributed by atoms with Crippen LogP contribution in [-0.4, -0.2) is 113 Å². The summed E-state index contributed by atoms with van der Waals surface area (Å²) >= 11 is 0. The van der Waals surface area contributed by atoms with Crippen LogP contribution in [0.3, 0.4) is 0 Å². The van der Waals surface area contributed by atoms with Crippen LogP contribution < -0.4 is 16.0 Å². The number of benzene rings is 4. The molecule has 12 heteroatoms. The monoisotopic (exact) mass is 1080 g/mol. The predicted molar refractivity (Wildman–Crippen MR) is 316 cm³/mol. The van der Waals surface area contributed by atoms with E-state index in [-0.39, 0.29) is 59.7 Å². The van der Waals surface area contributed by atoms with Crippen molar-refractivity contribution in [3.05, 3.63) is 144 Å². The Labute approximate surface area is 473 Å². The van der Waals surface area contributed by atoms with Gasteiger partial charge in [0.1, 0.15) is 17.7 Å². The van der Waals surface area contributed by atoms with Crippen molar-refractivity contribution in [1.82, 2.24) is 30.7 Å². The Kier molecular flexibility index (Phi) is 24.8. The maximum Gasteiger partial charge on any atom is 0.410 e. The van der Waals surface area contributed by atoms with Gasteiger partial charge in [-0.25, -0.2) is 4.79 Å². The van der Waals surface area contributed by atoms with Gasteiger partial charge in [-0.15, -0.1) is 0 Å². The van der Waals surface area contributed by atoms with E-state index in [1.807, 2.05) is 42.7 Å². The molecule has 428 valence electrons. The maximum atomic E-state index is 13.8. The molecule has 0 saturated carbocycles. The molecule has 0 radical (unpaired) electrons. The highest BCUT2D eigenvalue weighted by molar-refractivity contribution is 5.90. The largest absolute Gasteiger partial charge is 0.444 e. The molecule has 2 atom stereocenters. The van der Waals surface area contributed by atoms with E-state index < -0.39 is 11.6 Å². The first-order chi connectivity index (χ1) is 38.4. The molecule has 4 fully saturated rings. The van der Waals surface area contributed by atoms with Gasteiger partial charge in [0.15, 0.2) is 0 Å². The number of nitrogens with zero attached hydrogens (tertiary/aromatic N) is 3. The number of ether oxygens (including phenoxy) is 1. The fourth-order valence-electron chi connectivity index (χ4n) is 12.1. The van der Waals surface area contributed by atoms with Crippen molar-refractivity contribution in [2.75, 3.05) is 39.3 Å². The van der Waals surface area contributed by atoms with E-state index in [1.165, 1.54) is 22.3 Å². The van der Waals surface area contributed by atoms with Crippen molar-refractivity contribution in [3.8, 4) is 0 Å². The van der Waals surface area contributed by atoms with Crippen LogP contribution in [0.1, 0.15) is 159 Å². The first-order valence-electron chi connectivity index (χ1n) is 30.5. The number of hydrogen-bond donors (Lipinski definition) is 3. The van der Waals surface area contributed by atoms with Crippen molar-refractivity contribution in [3.63, 3.8) is 0 Å². The van der Waals surface area contributed by atoms with E-state index in [0.29, 0.717) is 45.4 Å². The molecule has 4 saturated heterocycles. The molecule has 5 amide bonds. The van der Waals surface area contributed by atoms with Crippen molar-refractivity contribution in [2.24, 2.45) is 11.8 Å². The van der Waals surface area contributed by atoms with E-state index in [0.717, 1.165) is 135 Å². The number of amides is 5. The highest BCUT2D eigenvalue weighted by atomic mass is 16.6. The number of hydrogen-bond acceptors (Lipinski definition) is 7. The van der Waals surface area contributed by atoms with Gasteiger partial charge >= 0.3 is 6.09 Å². The molecule has 2 unspecified atom stereocenters. The Morgan fingerprint density at radius 3 is 1.16 bits per heavy atom. The van der Waals surface area contributed by atoms with Gasteiger partial charge in [0.05, 0.1) is 0 Å². The molecule has 4 aliphatic heterocycles. The zero-order chi connectivity index (χ0) is 55.7.